The molecule has 2 saturated carbocycles. The Morgan fingerprint density at radius 1 is 1.28 bits per heavy atom. The van der Waals surface area contributed by atoms with E-state index in [1.807, 2.05) is 0 Å². The first-order chi connectivity index (χ1) is 8.48. The molecule has 0 aromatic carbocycles. The molecule has 5 heteroatoms. The third kappa shape index (κ3) is 3.70. The van der Waals surface area contributed by atoms with Crippen molar-refractivity contribution < 1.29 is 14.7 Å². The Morgan fingerprint density at radius 2 is 1.89 bits per heavy atom. The fourth-order valence-electron chi connectivity index (χ4n) is 2.70. The first-order valence-electron chi connectivity index (χ1n) is 6.77. The molecule has 0 atom stereocenters. The van der Waals surface area contributed by atoms with Crippen molar-refractivity contribution >= 4 is 11.9 Å². The van der Waals surface area contributed by atoms with E-state index < -0.39 is 11.5 Å². The Bertz CT molecular complexity index is 333. The molecule has 2 fully saturated rings. The number of carbonyl (C=O) groups excluding carboxylic acids is 1. The number of nitrogens with two attached hydrogens (primary N) is 1. The highest BCUT2D eigenvalue weighted by Gasteiger charge is 2.35. The van der Waals surface area contributed by atoms with Crippen LogP contribution in [0.15, 0.2) is 0 Å². The van der Waals surface area contributed by atoms with Gasteiger partial charge in [0, 0.05) is 18.5 Å². The lowest BCUT2D eigenvalue weighted by molar-refractivity contribution is -0.145. The zero-order valence-corrected chi connectivity index (χ0v) is 10.7. The van der Waals surface area contributed by atoms with E-state index in [4.69, 9.17) is 10.8 Å². The molecule has 2 aliphatic rings. The number of carboxylic acids is 1. The van der Waals surface area contributed by atoms with Crippen LogP contribution < -0.4 is 5.73 Å². The van der Waals surface area contributed by atoms with E-state index in [-0.39, 0.29) is 12.5 Å². The molecule has 2 rings (SSSR count). The van der Waals surface area contributed by atoms with Crippen molar-refractivity contribution in [3.8, 4) is 0 Å². The normalized spacial score (nSPS) is 21.8. The fourth-order valence-corrected chi connectivity index (χ4v) is 2.70. The Morgan fingerprint density at radius 3 is 2.39 bits per heavy atom. The van der Waals surface area contributed by atoms with Crippen LogP contribution in [0.3, 0.4) is 0 Å². The van der Waals surface area contributed by atoms with Crippen LogP contribution in [-0.4, -0.2) is 40.5 Å². The van der Waals surface area contributed by atoms with Gasteiger partial charge in [-0.25, -0.2) is 0 Å². The molecule has 0 aromatic heterocycles. The minimum atomic E-state index is -0.943. The maximum absolute atomic E-state index is 12.2. The van der Waals surface area contributed by atoms with E-state index in [0.29, 0.717) is 18.9 Å². The van der Waals surface area contributed by atoms with Crippen LogP contribution in [0.1, 0.15) is 44.9 Å². The van der Waals surface area contributed by atoms with Gasteiger partial charge in [-0.3, -0.25) is 9.59 Å². The van der Waals surface area contributed by atoms with Gasteiger partial charge >= 0.3 is 5.97 Å². The summed E-state index contributed by atoms with van der Waals surface area (Å²) in [4.78, 5) is 24.5. The quantitative estimate of drug-likeness (QED) is 0.740. The summed E-state index contributed by atoms with van der Waals surface area (Å²) < 4.78 is 0. The molecule has 0 aliphatic heterocycles. The highest BCUT2D eigenvalue weighted by Crippen LogP contribution is 2.32. The SMILES string of the molecule is NC1(CC(=O)N(CC(=O)O)CC2CC2)CCCC1. The number of nitrogens with zero attached hydrogens (tertiary/aromatic N) is 1. The maximum atomic E-state index is 12.2. The van der Waals surface area contributed by atoms with Gasteiger partial charge in [-0.2, -0.15) is 0 Å². The third-order valence-corrected chi connectivity index (χ3v) is 3.96. The molecule has 5 nitrogen and oxygen atoms in total. The van der Waals surface area contributed by atoms with E-state index in [1.54, 1.807) is 0 Å². The van der Waals surface area contributed by atoms with Gasteiger partial charge in [0.25, 0.3) is 0 Å². The molecular weight excluding hydrogens is 232 g/mol. The van der Waals surface area contributed by atoms with Gasteiger partial charge in [0.05, 0.1) is 0 Å². The number of hydrogen-bond acceptors (Lipinski definition) is 3. The molecule has 0 saturated heterocycles. The zero-order chi connectivity index (χ0) is 13.2. The monoisotopic (exact) mass is 254 g/mol. The Kier molecular flexibility index (Phi) is 3.90. The summed E-state index contributed by atoms with van der Waals surface area (Å²) in [6.07, 6.45) is 6.42. The van der Waals surface area contributed by atoms with Crippen LogP contribution in [0.25, 0.3) is 0 Å². The van der Waals surface area contributed by atoms with E-state index >= 15 is 0 Å². The lowest BCUT2D eigenvalue weighted by atomic mass is 9.94. The number of carboxylic acid groups (broad SMARTS) is 1. The largest absolute Gasteiger partial charge is 0.480 e. The predicted octanol–water partition coefficient (Wildman–Crippen LogP) is 0.971. The van der Waals surface area contributed by atoms with Crippen LogP contribution in [-0.2, 0) is 9.59 Å². The van der Waals surface area contributed by atoms with E-state index in [0.717, 1.165) is 38.5 Å². The van der Waals surface area contributed by atoms with Crippen LogP contribution >= 0.6 is 0 Å². The van der Waals surface area contributed by atoms with Crippen molar-refractivity contribution in [2.24, 2.45) is 11.7 Å². The molecule has 0 aromatic rings. The molecule has 0 heterocycles. The molecule has 3 N–H and O–H groups in total. The second kappa shape index (κ2) is 5.26. The molecule has 2 aliphatic carbocycles. The van der Waals surface area contributed by atoms with Crippen LogP contribution in [0.4, 0.5) is 0 Å². The third-order valence-electron chi connectivity index (χ3n) is 3.96. The van der Waals surface area contributed by atoms with Crippen LogP contribution in [0.5, 0.6) is 0 Å². The van der Waals surface area contributed by atoms with Gasteiger partial charge in [-0.15, -0.1) is 0 Å². The summed E-state index contributed by atoms with van der Waals surface area (Å²) >= 11 is 0. The zero-order valence-electron chi connectivity index (χ0n) is 10.7. The molecule has 0 radical (unpaired) electrons. The molecule has 0 spiro atoms. The van der Waals surface area contributed by atoms with E-state index in [2.05, 4.69) is 0 Å². The van der Waals surface area contributed by atoms with E-state index in [1.165, 1.54) is 4.90 Å². The molecule has 0 bridgehead atoms. The average Bonchev–Trinajstić information content (AvgIpc) is 2.99. The number of carbonyl (C=O) groups is 2. The van der Waals surface area contributed by atoms with Crippen molar-refractivity contribution in [3.63, 3.8) is 0 Å². The number of aliphatic carboxylic acids is 1. The first kappa shape index (κ1) is 13.3. The summed E-state index contributed by atoms with van der Waals surface area (Å²) in [6.45, 7) is 0.395. The van der Waals surface area contributed by atoms with Gasteiger partial charge in [-0.05, 0) is 31.6 Å². The van der Waals surface area contributed by atoms with Crippen molar-refractivity contribution in [1.82, 2.24) is 4.90 Å². The number of hydrogen-bond donors (Lipinski definition) is 2. The number of rotatable bonds is 6. The lowest BCUT2D eigenvalue weighted by Crippen LogP contribution is -2.45. The second-order valence-electron chi connectivity index (χ2n) is 5.86. The Balaban J connectivity index is 1.91. The minimum Gasteiger partial charge on any atom is -0.480 e. The fraction of sp³-hybridized carbons (Fsp3) is 0.846. The molecule has 1 amide bonds. The molecule has 18 heavy (non-hydrogen) atoms. The van der Waals surface area contributed by atoms with Crippen LogP contribution in [0, 0.1) is 5.92 Å². The summed E-state index contributed by atoms with van der Waals surface area (Å²) in [5.74, 6) is -0.527. The van der Waals surface area contributed by atoms with Gasteiger partial charge < -0.3 is 15.7 Å². The highest BCUT2D eigenvalue weighted by molar-refractivity contribution is 5.82. The standard InChI is InChI=1S/C13H22N2O3/c14-13(5-1-2-6-13)7-11(16)15(9-12(17)18)8-10-3-4-10/h10H,1-9,14H2,(H,17,18). The summed E-state index contributed by atoms with van der Waals surface area (Å²) in [5.41, 5.74) is 5.79. The topological polar surface area (TPSA) is 83.6 Å². The molecular formula is C13H22N2O3. The predicted molar refractivity (Wildman–Crippen MR) is 66.9 cm³/mol. The van der Waals surface area contributed by atoms with Crippen molar-refractivity contribution in [3.05, 3.63) is 0 Å². The first-order valence-corrected chi connectivity index (χ1v) is 6.77. The highest BCUT2D eigenvalue weighted by atomic mass is 16.4. The second-order valence-corrected chi connectivity index (χ2v) is 5.86. The molecule has 102 valence electrons. The van der Waals surface area contributed by atoms with Gasteiger partial charge in [0.2, 0.25) is 5.91 Å². The summed E-state index contributed by atoms with van der Waals surface area (Å²) in [5, 5.41) is 8.87. The van der Waals surface area contributed by atoms with Gasteiger partial charge in [0.15, 0.2) is 0 Å². The lowest BCUT2D eigenvalue weighted by Gasteiger charge is -2.27. The Hall–Kier alpha value is -1.10. The molecule has 0 unspecified atom stereocenters. The summed E-state index contributed by atoms with van der Waals surface area (Å²) in [7, 11) is 0. The minimum absolute atomic E-state index is 0.0892. The maximum Gasteiger partial charge on any atom is 0.323 e. The van der Waals surface area contributed by atoms with Gasteiger partial charge in [0.1, 0.15) is 6.54 Å². The van der Waals surface area contributed by atoms with E-state index in [9.17, 15) is 9.59 Å². The van der Waals surface area contributed by atoms with Crippen molar-refractivity contribution in [2.75, 3.05) is 13.1 Å². The Labute approximate surface area is 107 Å². The van der Waals surface area contributed by atoms with Gasteiger partial charge in [-0.1, -0.05) is 12.8 Å². The van der Waals surface area contributed by atoms with Crippen molar-refractivity contribution in [2.45, 2.75) is 50.5 Å². The smallest absolute Gasteiger partial charge is 0.323 e. The van der Waals surface area contributed by atoms with Crippen molar-refractivity contribution in [1.29, 1.82) is 0 Å². The number of amides is 1. The van der Waals surface area contributed by atoms with Crippen LogP contribution in [0.2, 0.25) is 0 Å². The summed E-state index contributed by atoms with van der Waals surface area (Å²) in [6, 6.07) is 0. The average molecular weight is 254 g/mol.